The zero-order valence-corrected chi connectivity index (χ0v) is 12.3. The summed E-state index contributed by atoms with van der Waals surface area (Å²) in [6.07, 6.45) is 0. The molecule has 0 unspecified atom stereocenters. The summed E-state index contributed by atoms with van der Waals surface area (Å²) in [6, 6.07) is 5.26. The lowest BCUT2D eigenvalue weighted by Crippen LogP contribution is -2.32. The third-order valence-electron chi connectivity index (χ3n) is 2.83. The molecule has 0 bridgehead atoms. The van der Waals surface area contributed by atoms with E-state index in [4.69, 9.17) is 10.8 Å². The molecule has 1 aromatic heterocycles. The van der Waals surface area contributed by atoms with Crippen LogP contribution in [0.1, 0.15) is 5.56 Å². The first-order valence-electron chi connectivity index (χ1n) is 6.32. The number of thioether (sulfide) groups is 1. The topological polar surface area (TPSA) is 110 Å². The molecular formula is C13H16N4O3S. The second-order valence-electron chi connectivity index (χ2n) is 4.51. The van der Waals surface area contributed by atoms with Crippen LogP contribution >= 0.6 is 11.8 Å². The number of amides is 2. The maximum absolute atomic E-state index is 10.7. The number of nitrogens with zero attached hydrogens (tertiary/aromatic N) is 2. The number of urea groups is 1. The molecule has 2 amide bonds. The molecule has 112 valence electrons. The van der Waals surface area contributed by atoms with E-state index in [2.05, 4.69) is 10.3 Å². The first-order chi connectivity index (χ1) is 9.97. The fourth-order valence-corrected chi connectivity index (χ4v) is 2.72. The maximum Gasteiger partial charge on any atom is 0.313 e. The molecule has 2 rings (SSSR count). The monoisotopic (exact) mass is 308 g/mol. The first kappa shape index (κ1) is 15.2. The molecule has 0 fully saturated rings. The number of imidazole rings is 1. The van der Waals surface area contributed by atoms with Crippen molar-refractivity contribution in [3.63, 3.8) is 0 Å². The number of aryl methyl sites for hydroxylation is 1. The number of primary amides is 1. The smallest absolute Gasteiger partial charge is 0.313 e. The Kier molecular flexibility index (Phi) is 4.69. The third kappa shape index (κ3) is 3.88. The lowest BCUT2D eigenvalue weighted by Gasteiger charge is -2.08. The van der Waals surface area contributed by atoms with E-state index in [1.807, 2.05) is 29.7 Å². The van der Waals surface area contributed by atoms with Crippen molar-refractivity contribution in [2.75, 3.05) is 12.3 Å². The minimum absolute atomic E-state index is 0.0639. The van der Waals surface area contributed by atoms with E-state index in [0.717, 1.165) is 28.4 Å². The Morgan fingerprint density at radius 2 is 2.24 bits per heavy atom. The van der Waals surface area contributed by atoms with Crippen molar-refractivity contribution in [2.24, 2.45) is 5.73 Å². The number of hydrogen-bond donors (Lipinski definition) is 3. The van der Waals surface area contributed by atoms with Crippen LogP contribution in [0, 0.1) is 6.92 Å². The molecule has 0 aliphatic heterocycles. The summed E-state index contributed by atoms with van der Waals surface area (Å²) in [7, 11) is 0. The number of rotatable bonds is 6. The summed E-state index contributed by atoms with van der Waals surface area (Å²) in [5, 5.41) is 11.9. The second-order valence-corrected chi connectivity index (χ2v) is 5.45. The number of aliphatic carboxylic acids is 1. The summed E-state index contributed by atoms with van der Waals surface area (Å²) in [6.45, 7) is 2.80. The minimum Gasteiger partial charge on any atom is -0.481 e. The summed E-state index contributed by atoms with van der Waals surface area (Å²) in [4.78, 5) is 25.9. The van der Waals surface area contributed by atoms with Crippen LogP contribution in [0.3, 0.4) is 0 Å². The molecule has 0 spiro atoms. The van der Waals surface area contributed by atoms with Crippen LogP contribution < -0.4 is 11.1 Å². The van der Waals surface area contributed by atoms with Gasteiger partial charge in [0.25, 0.3) is 0 Å². The summed E-state index contributed by atoms with van der Waals surface area (Å²) >= 11 is 1.15. The molecule has 7 nitrogen and oxygen atoms in total. The Morgan fingerprint density at radius 1 is 1.48 bits per heavy atom. The highest BCUT2D eigenvalue weighted by molar-refractivity contribution is 7.99. The van der Waals surface area contributed by atoms with Gasteiger partial charge in [-0.25, -0.2) is 9.78 Å². The van der Waals surface area contributed by atoms with E-state index < -0.39 is 12.0 Å². The summed E-state index contributed by atoms with van der Waals surface area (Å²) in [5.41, 5.74) is 7.83. The van der Waals surface area contributed by atoms with Crippen molar-refractivity contribution < 1.29 is 14.7 Å². The Bertz CT molecular complexity index is 683. The molecule has 0 saturated carbocycles. The molecule has 2 aromatic rings. The number of carboxylic acids is 1. The molecule has 0 atom stereocenters. The number of benzene rings is 1. The van der Waals surface area contributed by atoms with Crippen LogP contribution in [0.15, 0.2) is 23.4 Å². The van der Waals surface area contributed by atoms with Gasteiger partial charge in [0.1, 0.15) is 0 Å². The van der Waals surface area contributed by atoms with Gasteiger partial charge in [0.05, 0.1) is 16.8 Å². The molecule has 1 heterocycles. The number of nitrogens with two attached hydrogens (primary N) is 1. The van der Waals surface area contributed by atoms with Crippen molar-refractivity contribution >= 4 is 34.8 Å². The molecule has 0 saturated heterocycles. The Labute approximate surface area is 125 Å². The molecule has 8 heteroatoms. The Hall–Kier alpha value is -2.22. The van der Waals surface area contributed by atoms with E-state index in [-0.39, 0.29) is 5.75 Å². The number of aromatic nitrogens is 2. The number of hydrogen-bond acceptors (Lipinski definition) is 4. The zero-order valence-electron chi connectivity index (χ0n) is 11.5. The van der Waals surface area contributed by atoms with Gasteiger partial charge < -0.3 is 20.7 Å². The Morgan fingerprint density at radius 3 is 2.90 bits per heavy atom. The van der Waals surface area contributed by atoms with Gasteiger partial charge >= 0.3 is 12.0 Å². The van der Waals surface area contributed by atoms with Gasteiger partial charge in [-0.3, -0.25) is 4.79 Å². The Balaban J connectivity index is 2.29. The van der Waals surface area contributed by atoms with Crippen LogP contribution in [0.25, 0.3) is 11.0 Å². The van der Waals surface area contributed by atoms with Crippen LogP contribution in [0.4, 0.5) is 4.79 Å². The van der Waals surface area contributed by atoms with E-state index in [0.29, 0.717) is 18.2 Å². The molecule has 0 aliphatic rings. The quantitative estimate of drug-likeness (QED) is 0.694. The van der Waals surface area contributed by atoms with E-state index in [1.165, 1.54) is 0 Å². The standard InChI is InChI=1S/C13H16N4O3S/c1-8-2-3-10-9(6-8)16-13(21-7-11(18)19)17(10)5-4-15-12(14)20/h2-3,6H,4-5,7H2,1H3,(H,18,19)(H3,14,15,20). The summed E-state index contributed by atoms with van der Waals surface area (Å²) in [5.74, 6) is -0.962. The maximum atomic E-state index is 10.7. The number of fused-ring (bicyclic) bond motifs is 1. The van der Waals surface area contributed by atoms with Gasteiger partial charge in [-0.05, 0) is 24.6 Å². The minimum atomic E-state index is -0.898. The predicted octanol–water partition coefficient (Wildman–Crippen LogP) is 1.19. The van der Waals surface area contributed by atoms with Crippen molar-refractivity contribution in [3.05, 3.63) is 23.8 Å². The average molecular weight is 308 g/mol. The number of carbonyl (C=O) groups is 2. The lowest BCUT2D eigenvalue weighted by atomic mass is 10.2. The third-order valence-corrected chi connectivity index (χ3v) is 3.79. The van der Waals surface area contributed by atoms with Crippen LogP contribution in [-0.4, -0.2) is 39.0 Å². The van der Waals surface area contributed by atoms with Gasteiger partial charge in [0.15, 0.2) is 5.16 Å². The summed E-state index contributed by atoms with van der Waals surface area (Å²) < 4.78 is 1.89. The van der Waals surface area contributed by atoms with Crippen LogP contribution in [0.2, 0.25) is 0 Å². The fourth-order valence-electron chi connectivity index (χ4n) is 1.96. The average Bonchev–Trinajstić information content (AvgIpc) is 2.73. The normalized spacial score (nSPS) is 10.7. The largest absolute Gasteiger partial charge is 0.481 e. The van der Waals surface area contributed by atoms with Gasteiger partial charge in [0, 0.05) is 13.1 Å². The van der Waals surface area contributed by atoms with Crippen molar-refractivity contribution in [1.82, 2.24) is 14.9 Å². The van der Waals surface area contributed by atoms with Crippen LogP contribution in [0.5, 0.6) is 0 Å². The SMILES string of the molecule is Cc1ccc2c(c1)nc(SCC(=O)O)n2CCNC(N)=O. The van der Waals surface area contributed by atoms with Gasteiger partial charge in [-0.2, -0.15) is 0 Å². The van der Waals surface area contributed by atoms with Gasteiger partial charge in [0.2, 0.25) is 0 Å². The zero-order chi connectivity index (χ0) is 15.4. The van der Waals surface area contributed by atoms with E-state index in [1.54, 1.807) is 0 Å². The van der Waals surface area contributed by atoms with E-state index >= 15 is 0 Å². The van der Waals surface area contributed by atoms with Gasteiger partial charge in [-0.1, -0.05) is 17.8 Å². The van der Waals surface area contributed by atoms with Crippen molar-refractivity contribution in [1.29, 1.82) is 0 Å². The fraction of sp³-hybridized carbons (Fsp3) is 0.308. The second kappa shape index (κ2) is 6.49. The number of carboxylic acid groups (broad SMARTS) is 1. The van der Waals surface area contributed by atoms with Gasteiger partial charge in [-0.15, -0.1) is 0 Å². The first-order valence-corrected chi connectivity index (χ1v) is 7.30. The van der Waals surface area contributed by atoms with E-state index in [9.17, 15) is 9.59 Å². The highest BCUT2D eigenvalue weighted by Gasteiger charge is 2.12. The van der Waals surface area contributed by atoms with Crippen molar-refractivity contribution in [3.8, 4) is 0 Å². The molecule has 0 radical (unpaired) electrons. The molecule has 4 N–H and O–H groups in total. The lowest BCUT2D eigenvalue weighted by molar-refractivity contribution is -0.133. The predicted molar refractivity (Wildman–Crippen MR) is 80.4 cm³/mol. The molecule has 0 aliphatic carbocycles. The number of nitrogens with one attached hydrogen (secondary N) is 1. The molecule has 1 aromatic carbocycles. The van der Waals surface area contributed by atoms with Crippen LogP contribution in [-0.2, 0) is 11.3 Å². The van der Waals surface area contributed by atoms with Crippen molar-refractivity contribution in [2.45, 2.75) is 18.6 Å². The highest BCUT2D eigenvalue weighted by Crippen LogP contribution is 2.24. The molecular weight excluding hydrogens is 292 g/mol. The highest BCUT2D eigenvalue weighted by atomic mass is 32.2. The molecule has 21 heavy (non-hydrogen) atoms. The number of carbonyl (C=O) groups excluding carboxylic acids is 1.